The van der Waals surface area contributed by atoms with Crippen LogP contribution in [0.25, 0.3) is 16.6 Å². The number of rotatable bonds is 6. The van der Waals surface area contributed by atoms with Crippen LogP contribution in [0.5, 0.6) is 0 Å². The summed E-state index contributed by atoms with van der Waals surface area (Å²) in [5.74, 6) is 0.240. The van der Waals surface area contributed by atoms with E-state index in [2.05, 4.69) is 0 Å². The van der Waals surface area contributed by atoms with Crippen molar-refractivity contribution in [3.63, 3.8) is 0 Å². The van der Waals surface area contributed by atoms with Crippen LogP contribution in [0.15, 0.2) is 108 Å². The Morgan fingerprint density at radius 3 is 2.27 bits per heavy atom. The minimum absolute atomic E-state index is 0.179. The van der Waals surface area contributed by atoms with Gasteiger partial charge < -0.3 is 4.90 Å². The minimum atomic E-state index is -0.553. The number of benzene rings is 4. The van der Waals surface area contributed by atoms with Crippen LogP contribution in [-0.4, -0.2) is 20.4 Å². The van der Waals surface area contributed by atoms with E-state index in [9.17, 15) is 9.59 Å². The summed E-state index contributed by atoms with van der Waals surface area (Å²) in [6.07, 6.45) is 0. The second-order valence-electron chi connectivity index (χ2n) is 9.04. The zero-order valence-electron chi connectivity index (χ0n) is 20.6. The molecule has 0 aliphatic rings. The van der Waals surface area contributed by atoms with Crippen LogP contribution in [0.1, 0.15) is 40.3 Å². The molecule has 0 fully saturated rings. The number of amides is 1. The van der Waals surface area contributed by atoms with Gasteiger partial charge in [-0.05, 0) is 55.8 Å². The fraction of sp³-hybridized carbons (Fsp3) is 0.129. The molecule has 0 aliphatic heterocycles. The summed E-state index contributed by atoms with van der Waals surface area (Å²) in [6.45, 7) is 4.22. The smallest absolute Gasteiger partial charge is 0.266 e. The van der Waals surface area contributed by atoms with Crippen molar-refractivity contribution in [2.75, 3.05) is 0 Å². The summed E-state index contributed by atoms with van der Waals surface area (Å²) >= 11 is 6.44. The van der Waals surface area contributed by atoms with Crippen molar-refractivity contribution in [2.45, 2.75) is 26.4 Å². The maximum Gasteiger partial charge on any atom is 0.266 e. The lowest BCUT2D eigenvalue weighted by molar-refractivity contribution is 0.0664. The molecule has 0 N–H and O–H groups in total. The van der Waals surface area contributed by atoms with E-state index in [1.54, 1.807) is 39.8 Å². The fourth-order valence-electron chi connectivity index (χ4n) is 4.47. The molecule has 1 heterocycles. The van der Waals surface area contributed by atoms with Gasteiger partial charge in [-0.2, -0.15) is 0 Å². The third-order valence-corrected chi connectivity index (χ3v) is 6.83. The van der Waals surface area contributed by atoms with Crippen LogP contribution in [0, 0.1) is 6.92 Å². The molecule has 5 nitrogen and oxygen atoms in total. The molecular formula is C31H26ClN3O2. The van der Waals surface area contributed by atoms with Gasteiger partial charge in [0.15, 0.2) is 0 Å². The Morgan fingerprint density at radius 1 is 0.892 bits per heavy atom. The van der Waals surface area contributed by atoms with Crippen molar-refractivity contribution in [3.05, 3.63) is 141 Å². The van der Waals surface area contributed by atoms with Gasteiger partial charge in [0.05, 0.1) is 33.2 Å². The van der Waals surface area contributed by atoms with Gasteiger partial charge in [-0.3, -0.25) is 14.2 Å². The molecule has 1 amide bonds. The standard InChI is InChI=1S/C31H26ClN3O2/c1-21-16-18-24(19-17-21)35-29(33-28-15-9-7-13-26(28)31(35)37)22(2)34(20-23-10-4-3-5-11-23)30(36)25-12-6-8-14-27(25)32/h3-19,22H,20H2,1-2H3. The highest BCUT2D eigenvalue weighted by atomic mass is 35.5. The van der Waals surface area contributed by atoms with E-state index in [4.69, 9.17) is 16.6 Å². The highest BCUT2D eigenvalue weighted by Crippen LogP contribution is 2.28. The minimum Gasteiger partial charge on any atom is -0.324 e. The van der Waals surface area contributed by atoms with E-state index in [0.717, 1.165) is 11.1 Å². The van der Waals surface area contributed by atoms with Crippen LogP contribution >= 0.6 is 11.6 Å². The Labute approximate surface area is 220 Å². The molecule has 184 valence electrons. The van der Waals surface area contributed by atoms with Gasteiger partial charge in [0.25, 0.3) is 11.5 Å². The average molecular weight is 508 g/mol. The highest BCUT2D eigenvalue weighted by molar-refractivity contribution is 6.33. The number of aromatic nitrogens is 2. The number of fused-ring (bicyclic) bond motifs is 1. The van der Waals surface area contributed by atoms with Crippen molar-refractivity contribution in [1.82, 2.24) is 14.5 Å². The molecule has 6 heteroatoms. The molecule has 1 aromatic heterocycles. The summed E-state index contributed by atoms with van der Waals surface area (Å²) in [4.78, 5) is 34.4. The summed E-state index contributed by atoms with van der Waals surface area (Å²) in [5, 5.41) is 0.895. The Morgan fingerprint density at radius 2 is 1.54 bits per heavy atom. The number of carbonyl (C=O) groups is 1. The molecule has 0 spiro atoms. The summed E-state index contributed by atoms with van der Waals surface area (Å²) < 4.78 is 1.62. The number of nitrogens with zero attached hydrogens (tertiary/aromatic N) is 3. The van der Waals surface area contributed by atoms with Crippen LogP contribution in [0.4, 0.5) is 0 Å². The third kappa shape index (κ3) is 4.91. The first kappa shape index (κ1) is 24.5. The lowest BCUT2D eigenvalue weighted by Gasteiger charge is -2.31. The molecule has 0 saturated heterocycles. The van der Waals surface area contributed by atoms with Gasteiger partial charge in [-0.15, -0.1) is 0 Å². The van der Waals surface area contributed by atoms with E-state index in [0.29, 0.717) is 39.5 Å². The first-order chi connectivity index (χ1) is 17.9. The Hall–Kier alpha value is -4.22. The van der Waals surface area contributed by atoms with Crippen molar-refractivity contribution < 1.29 is 4.79 Å². The first-order valence-corrected chi connectivity index (χ1v) is 12.5. The van der Waals surface area contributed by atoms with Gasteiger partial charge in [0, 0.05) is 6.54 Å². The van der Waals surface area contributed by atoms with Crippen molar-refractivity contribution >= 4 is 28.4 Å². The van der Waals surface area contributed by atoms with E-state index < -0.39 is 6.04 Å². The first-order valence-electron chi connectivity index (χ1n) is 12.1. The lowest BCUT2D eigenvalue weighted by Crippen LogP contribution is -2.37. The quantitative estimate of drug-likeness (QED) is 0.255. The molecule has 4 aromatic carbocycles. The SMILES string of the molecule is Cc1ccc(-n2c(C(C)N(Cc3ccccc3)C(=O)c3ccccc3Cl)nc3ccccc3c2=O)cc1. The molecule has 37 heavy (non-hydrogen) atoms. The predicted octanol–water partition coefficient (Wildman–Crippen LogP) is 6.75. The zero-order valence-corrected chi connectivity index (χ0v) is 21.4. The fourth-order valence-corrected chi connectivity index (χ4v) is 4.68. The predicted molar refractivity (Wildman–Crippen MR) is 148 cm³/mol. The monoisotopic (exact) mass is 507 g/mol. The average Bonchev–Trinajstić information content (AvgIpc) is 2.92. The second-order valence-corrected chi connectivity index (χ2v) is 9.44. The van der Waals surface area contributed by atoms with Crippen molar-refractivity contribution in [3.8, 4) is 5.69 Å². The highest BCUT2D eigenvalue weighted by Gasteiger charge is 2.29. The Balaban J connectivity index is 1.71. The largest absolute Gasteiger partial charge is 0.324 e. The van der Waals surface area contributed by atoms with E-state index in [-0.39, 0.29) is 11.5 Å². The van der Waals surface area contributed by atoms with Crippen LogP contribution < -0.4 is 5.56 Å². The summed E-state index contributed by atoms with van der Waals surface area (Å²) in [7, 11) is 0. The summed E-state index contributed by atoms with van der Waals surface area (Å²) in [5.41, 5.74) is 3.54. The molecule has 0 saturated carbocycles. The molecule has 5 aromatic rings. The topological polar surface area (TPSA) is 55.2 Å². The van der Waals surface area contributed by atoms with Crippen LogP contribution in [0.2, 0.25) is 5.02 Å². The molecule has 0 aliphatic carbocycles. The maximum atomic E-state index is 14.0. The molecule has 0 radical (unpaired) electrons. The number of hydrogen-bond acceptors (Lipinski definition) is 3. The molecule has 1 atom stereocenters. The molecular weight excluding hydrogens is 482 g/mol. The zero-order chi connectivity index (χ0) is 25.9. The number of hydrogen-bond donors (Lipinski definition) is 0. The Kier molecular flexibility index (Phi) is 6.89. The number of aryl methyl sites for hydroxylation is 1. The van der Waals surface area contributed by atoms with Gasteiger partial charge in [-0.25, -0.2) is 4.98 Å². The number of carbonyl (C=O) groups excluding carboxylic acids is 1. The second kappa shape index (κ2) is 10.4. The van der Waals surface area contributed by atoms with E-state index in [1.807, 2.05) is 86.6 Å². The Bertz CT molecular complexity index is 1630. The normalized spacial score (nSPS) is 11.9. The maximum absolute atomic E-state index is 14.0. The molecule has 0 bridgehead atoms. The molecule has 1 unspecified atom stereocenters. The third-order valence-electron chi connectivity index (χ3n) is 6.50. The molecule has 5 rings (SSSR count). The number of halogens is 1. The number of para-hydroxylation sites is 1. The van der Waals surface area contributed by atoms with Crippen LogP contribution in [0.3, 0.4) is 0 Å². The van der Waals surface area contributed by atoms with Gasteiger partial charge in [-0.1, -0.05) is 83.9 Å². The lowest BCUT2D eigenvalue weighted by atomic mass is 10.1. The van der Waals surface area contributed by atoms with Crippen LogP contribution in [-0.2, 0) is 6.54 Å². The van der Waals surface area contributed by atoms with Gasteiger partial charge in [0.1, 0.15) is 5.82 Å². The van der Waals surface area contributed by atoms with E-state index >= 15 is 0 Å². The van der Waals surface area contributed by atoms with Gasteiger partial charge in [0.2, 0.25) is 0 Å². The van der Waals surface area contributed by atoms with Crippen molar-refractivity contribution in [1.29, 1.82) is 0 Å². The summed E-state index contributed by atoms with van der Waals surface area (Å²) in [6, 6.07) is 31.2. The van der Waals surface area contributed by atoms with Crippen molar-refractivity contribution in [2.24, 2.45) is 0 Å². The van der Waals surface area contributed by atoms with E-state index in [1.165, 1.54) is 0 Å². The van der Waals surface area contributed by atoms with Gasteiger partial charge >= 0.3 is 0 Å².